The second-order valence-electron chi connectivity index (χ2n) is 6.03. The van der Waals surface area contributed by atoms with Gasteiger partial charge in [-0.05, 0) is 48.2 Å². The van der Waals surface area contributed by atoms with Crippen LogP contribution in [0.1, 0.15) is 29.6 Å². The van der Waals surface area contributed by atoms with Gasteiger partial charge in [0.2, 0.25) is 10.0 Å². The first kappa shape index (κ1) is 15.9. The monoisotopic (exact) mass is 359 g/mol. The number of primary sulfonamides is 1. The molecule has 4 rings (SSSR count). The van der Waals surface area contributed by atoms with Crippen molar-refractivity contribution in [2.24, 2.45) is 5.14 Å². The van der Waals surface area contributed by atoms with E-state index in [9.17, 15) is 12.8 Å². The summed E-state index contributed by atoms with van der Waals surface area (Å²) < 4.78 is 41.1. The van der Waals surface area contributed by atoms with Crippen LogP contribution in [0.15, 0.2) is 57.9 Å². The number of aromatic nitrogens is 2. The summed E-state index contributed by atoms with van der Waals surface area (Å²) in [6.45, 7) is 0. The molecule has 1 fully saturated rings. The second kappa shape index (κ2) is 5.75. The number of halogens is 1. The third-order valence-electron chi connectivity index (χ3n) is 4.27. The Balaban J connectivity index is 1.52. The number of nitrogens with zero attached hydrogens (tertiary/aromatic N) is 2. The van der Waals surface area contributed by atoms with Crippen LogP contribution in [0.4, 0.5) is 4.39 Å². The highest BCUT2D eigenvalue weighted by molar-refractivity contribution is 7.89. The quantitative estimate of drug-likeness (QED) is 0.772. The molecule has 2 atom stereocenters. The van der Waals surface area contributed by atoms with E-state index in [1.54, 1.807) is 24.3 Å². The zero-order chi connectivity index (χ0) is 17.6. The minimum absolute atomic E-state index is 0.0846. The van der Waals surface area contributed by atoms with Gasteiger partial charge < -0.3 is 4.52 Å². The Morgan fingerprint density at radius 2 is 1.88 bits per heavy atom. The summed E-state index contributed by atoms with van der Waals surface area (Å²) in [5.74, 6) is 0.792. The molecular formula is C17H14FN3O3S. The van der Waals surface area contributed by atoms with E-state index in [1.165, 1.54) is 24.3 Å². The van der Waals surface area contributed by atoms with E-state index >= 15 is 0 Å². The first-order chi connectivity index (χ1) is 11.9. The predicted octanol–water partition coefficient (Wildman–Crippen LogP) is 2.79. The molecule has 1 aromatic heterocycles. The molecule has 0 amide bonds. The minimum Gasteiger partial charge on any atom is -0.334 e. The fourth-order valence-electron chi connectivity index (χ4n) is 2.88. The molecular weight excluding hydrogens is 345 g/mol. The number of benzene rings is 2. The number of sulfonamides is 1. The molecule has 0 radical (unpaired) electrons. The zero-order valence-corrected chi connectivity index (χ0v) is 13.8. The Kier molecular flexibility index (Phi) is 3.66. The van der Waals surface area contributed by atoms with E-state index in [4.69, 9.17) is 9.66 Å². The van der Waals surface area contributed by atoms with Crippen LogP contribution in [0.2, 0.25) is 0 Å². The number of rotatable bonds is 4. The molecule has 0 unspecified atom stereocenters. The molecule has 1 aliphatic rings. The summed E-state index contributed by atoms with van der Waals surface area (Å²) in [5, 5.41) is 9.09. The van der Waals surface area contributed by atoms with Gasteiger partial charge in [0.05, 0.1) is 4.90 Å². The van der Waals surface area contributed by atoms with Crippen molar-refractivity contribution in [3.05, 3.63) is 65.7 Å². The van der Waals surface area contributed by atoms with Gasteiger partial charge >= 0.3 is 0 Å². The van der Waals surface area contributed by atoms with Crippen LogP contribution in [0.5, 0.6) is 0 Å². The lowest BCUT2D eigenvalue weighted by molar-refractivity contribution is 0.422. The lowest BCUT2D eigenvalue weighted by Gasteiger charge is -2.01. The van der Waals surface area contributed by atoms with E-state index in [0.29, 0.717) is 11.4 Å². The summed E-state index contributed by atoms with van der Waals surface area (Å²) in [4.78, 5) is 4.44. The van der Waals surface area contributed by atoms with E-state index in [2.05, 4.69) is 10.1 Å². The Bertz CT molecular complexity index is 1030. The van der Waals surface area contributed by atoms with Gasteiger partial charge in [0, 0.05) is 11.5 Å². The van der Waals surface area contributed by atoms with E-state index in [1.807, 2.05) is 0 Å². The van der Waals surface area contributed by atoms with Crippen LogP contribution in [-0.2, 0) is 10.0 Å². The molecule has 8 heteroatoms. The molecule has 2 N–H and O–H groups in total. The molecule has 2 aromatic carbocycles. The average molecular weight is 359 g/mol. The molecule has 0 bridgehead atoms. The Labute approximate surface area is 143 Å². The number of hydrogen-bond acceptors (Lipinski definition) is 5. The van der Waals surface area contributed by atoms with Gasteiger partial charge in [-0.25, -0.2) is 17.9 Å². The Morgan fingerprint density at radius 1 is 1.12 bits per heavy atom. The van der Waals surface area contributed by atoms with Gasteiger partial charge in [-0.2, -0.15) is 4.98 Å². The van der Waals surface area contributed by atoms with Crippen molar-refractivity contribution in [1.29, 1.82) is 0 Å². The largest absolute Gasteiger partial charge is 0.334 e. The molecule has 1 heterocycles. The predicted molar refractivity (Wildman–Crippen MR) is 87.6 cm³/mol. The van der Waals surface area contributed by atoms with E-state index in [-0.39, 0.29) is 28.4 Å². The van der Waals surface area contributed by atoms with Crippen molar-refractivity contribution in [1.82, 2.24) is 10.1 Å². The van der Waals surface area contributed by atoms with Crippen LogP contribution >= 0.6 is 0 Å². The van der Waals surface area contributed by atoms with Crippen LogP contribution in [0.25, 0.3) is 11.5 Å². The fraction of sp³-hybridized carbons (Fsp3) is 0.176. The van der Waals surface area contributed by atoms with Crippen molar-refractivity contribution >= 4 is 10.0 Å². The second-order valence-corrected chi connectivity index (χ2v) is 7.59. The normalized spacial score (nSPS) is 19.8. The van der Waals surface area contributed by atoms with Crippen LogP contribution in [0, 0.1) is 5.82 Å². The third kappa shape index (κ3) is 3.18. The number of nitrogens with two attached hydrogens (primary N) is 1. The maximum absolute atomic E-state index is 13.3. The first-order valence-electron chi connectivity index (χ1n) is 7.64. The Morgan fingerprint density at radius 3 is 2.56 bits per heavy atom. The molecule has 128 valence electrons. The third-order valence-corrected chi connectivity index (χ3v) is 5.20. The summed E-state index contributed by atoms with van der Waals surface area (Å²) in [7, 11) is -3.69. The van der Waals surface area contributed by atoms with E-state index in [0.717, 1.165) is 12.0 Å². The van der Waals surface area contributed by atoms with Crippen molar-refractivity contribution in [3.63, 3.8) is 0 Å². The molecule has 0 aliphatic heterocycles. The maximum Gasteiger partial charge on any atom is 0.258 e. The van der Waals surface area contributed by atoms with Crippen molar-refractivity contribution in [3.8, 4) is 11.5 Å². The molecule has 0 saturated heterocycles. The molecule has 1 aliphatic carbocycles. The van der Waals surface area contributed by atoms with Gasteiger partial charge in [0.1, 0.15) is 5.82 Å². The highest BCUT2D eigenvalue weighted by Crippen LogP contribution is 2.53. The zero-order valence-electron chi connectivity index (χ0n) is 13.0. The summed E-state index contributed by atoms with van der Waals surface area (Å²) in [6.07, 6.45) is 0.844. The molecule has 6 nitrogen and oxygen atoms in total. The topological polar surface area (TPSA) is 99.1 Å². The van der Waals surface area contributed by atoms with Crippen LogP contribution < -0.4 is 5.14 Å². The maximum atomic E-state index is 13.3. The van der Waals surface area contributed by atoms with Crippen molar-refractivity contribution in [2.45, 2.75) is 23.2 Å². The lowest BCUT2D eigenvalue weighted by atomic mass is 10.1. The van der Waals surface area contributed by atoms with Gasteiger partial charge in [-0.15, -0.1) is 0 Å². The fourth-order valence-corrected chi connectivity index (χ4v) is 3.39. The van der Waals surface area contributed by atoms with Gasteiger partial charge in [-0.1, -0.05) is 23.4 Å². The van der Waals surface area contributed by atoms with E-state index < -0.39 is 10.0 Å². The van der Waals surface area contributed by atoms with Crippen molar-refractivity contribution < 1.29 is 17.3 Å². The summed E-state index contributed by atoms with van der Waals surface area (Å²) in [6, 6.07) is 12.5. The molecule has 1 saturated carbocycles. The van der Waals surface area contributed by atoms with Crippen molar-refractivity contribution in [2.75, 3.05) is 0 Å². The molecule has 3 aromatic rings. The number of hydrogen-bond donors (Lipinski definition) is 1. The first-order valence-corrected chi connectivity index (χ1v) is 9.19. The van der Waals surface area contributed by atoms with Gasteiger partial charge in [0.15, 0.2) is 5.82 Å². The van der Waals surface area contributed by atoms with Crippen LogP contribution in [-0.4, -0.2) is 18.6 Å². The molecule has 0 spiro atoms. The van der Waals surface area contributed by atoms with Gasteiger partial charge in [-0.3, -0.25) is 0 Å². The van der Waals surface area contributed by atoms with Crippen LogP contribution in [0.3, 0.4) is 0 Å². The SMILES string of the molecule is NS(=O)(=O)c1ccc([C@@H]2C[C@H]2c2noc(-c3cccc(F)c3)n2)cc1. The Hall–Kier alpha value is -2.58. The summed E-state index contributed by atoms with van der Waals surface area (Å²) >= 11 is 0. The minimum atomic E-state index is -3.69. The lowest BCUT2D eigenvalue weighted by Crippen LogP contribution is -2.11. The highest BCUT2D eigenvalue weighted by Gasteiger charge is 2.43. The standard InChI is InChI=1S/C17H14FN3O3S/c18-12-3-1-2-11(8-12)17-20-16(21-24-17)15-9-14(15)10-4-6-13(7-5-10)25(19,22)23/h1-8,14-15H,9H2,(H2,19,22,23)/t14-,15+/m0/s1. The summed E-state index contributed by atoms with van der Waals surface area (Å²) in [5.41, 5.74) is 1.53. The smallest absolute Gasteiger partial charge is 0.258 e. The van der Waals surface area contributed by atoms with Gasteiger partial charge in [0.25, 0.3) is 5.89 Å². The molecule has 25 heavy (non-hydrogen) atoms. The highest BCUT2D eigenvalue weighted by atomic mass is 32.2. The average Bonchev–Trinajstić information content (AvgIpc) is 3.22.